The summed E-state index contributed by atoms with van der Waals surface area (Å²) in [6, 6.07) is 0. The summed E-state index contributed by atoms with van der Waals surface area (Å²) in [6.45, 7) is 2.64. The van der Waals surface area contributed by atoms with Gasteiger partial charge in [-0.25, -0.2) is 0 Å². The normalized spacial score (nSPS) is 19.5. The quantitative estimate of drug-likeness (QED) is 0.754. The first kappa shape index (κ1) is 8.44. The topological polar surface area (TPSA) is 64.9 Å². The lowest BCUT2D eigenvalue weighted by Gasteiger charge is -1.96. The van der Waals surface area contributed by atoms with Gasteiger partial charge < -0.3 is 10.3 Å². The van der Waals surface area contributed by atoms with Gasteiger partial charge in [0.15, 0.2) is 5.82 Å². The molecular weight excluding hydrogens is 166 g/mol. The van der Waals surface area contributed by atoms with Crippen molar-refractivity contribution < 1.29 is 4.52 Å². The van der Waals surface area contributed by atoms with E-state index in [1.807, 2.05) is 0 Å². The van der Waals surface area contributed by atoms with Gasteiger partial charge in [-0.15, -0.1) is 0 Å². The number of aromatic nitrogens is 2. The smallest absolute Gasteiger partial charge is 0.250 e. The van der Waals surface area contributed by atoms with E-state index >= 15 is 0 Å². The molecule has 1 aromatic heterocycles. The molecule has 0 spiro atoms. The lowest BCUT2D eigenvalue weighted by atomic mass is 10.1. The van der Waals surface area contributed by atoms with E-state index in [9.17, 15) is 0 Å². The van der Waals surface area contributed by atoms with Gasteiger partial charge in [0.1, 0.15) is 0 Å². The summed E-state index contributed by atoms with van der Waals surface area (Å²) >= 11 is 0. The highest BCUT2D eigenvalue weighted by molar-refractivity contribution is 5.38. The molecule has 1 heterocycles. The van der Waals surface area contributed by atoms with Gasteiger partial charge in [-0.1, -0.05) is 18.2 Å². The maximum Gasteiger partial charge on any atom is 0.250 e. The van der Waals surface area contributed by atoms with Crippen molar-refractivity contribution >= 4 is 6.08 Å². The van der Waals surface area contributed by atoms with E-state index in [0.29, 0.717) is 12.4 Å². The van der Waals surface area contributed by atoms with Crippen molar-refractivity contribution in [2.45, 2.75) is 25.2 Å². The molecule has 0 atom stereocenters. The van der Waals surface area contributed by atoms with Crippen LogP contribution in [-0.4, -0.2) is 16.7 Å². The van der Waals surface area contributed by atoms with Gasteiger partial charge in [0, 0.05) is 18.0 Å². The van der Waals surface area contributed by atoms with Crippen molar-refractivity contribution in [2.24, 2.45) is 5.73 Å². The van der Waals surface area contributed by atoms with Crippen LogP contribution in [0.3, 0.4) is 0 Å². The lowest BCUT2D eigenvalue weighted by molar-refractivity contribution is 0.397. The molecular formula is C9H13N3O. The first-order chi connectivity index (χ1) is 6.24. The lowest BCUT2D eigenvalue weighted by Crippen LogP contribution is -2.01. The van der Waals surface area contributed by atoms with Gasteiger partial charge in [-0.3, -0.25) is 0 Å². The highest BCUT2D eigenvalue weighted by Gasteiger charge is 2.43. The number of nitrogens with zero attached hydrogens (tertiary/aromatic N) is 2. The van der Waals surface area contributed by atoms with Crippen molar-refractivity contribution in [2.75, 3.05) is 6.54 Å². The summed E-state index contributed by atoms with van der Waals surface area (Å²) in [5.41, 5.74) is 5.48. The second-order valence-electron chi connectivity index (χ2n) is 3.65. The third-order valence-corrected chi connectivity index (χ3v) is 2.38. The van der Waals surface area contributed by atoms with E-state index in [1.54, 1.807) is 12.2 Å². The minimum atomic E-state index is 0.179. The highest BCUT2D eigenvalue weighted by atomic mass is 16.5. The maximum absolute atomic E-state index is 5.30. The van der Waals surface area contributed by atoms with Crippen molar-refractivity contribution in [3.05, 3.63) is 17.8 Å². The second-order valence-corrected chi connectivity index (χ2v) is 3.65. The molecule has 0 radical (unpaired) electrons. The van der Waals surface area contributed by atoms with E-state index in [-0.39, 0.29) is 5.41 Å². The van der Waals surface area contributed by atoms with Crippen LogP contribution in [0.5, 0.6) is 0 Å². The first-order valence-electron chi connectivity index (χ1n) is 4.45. The third-order valence-electron chi connectivity index (χ3n) is 2.38. The molecule has 0 aromatic carbocycles. The summed E-state index contributed by atoms with van der Waals surface area (Å²) in [5, 5.41) is 3.92. The summed E-state index contributed by atoms with van der Waals surface area (Å²) in [6.07, 6.45) is 5.87. The summed E-state index contributed by atoms with van der Waals surface area (Å²) in [5.74, 6) is 1.37. The monoisotopic (exact) mass is 179 g/mol. The van der Waals surface area contributed by atoms with Crippen molar-refractivity contribution in [1.82, 2.24) is 10.1 Å². The Bertz CT molecular complexity index is 325. The molecule has 13 heavy (non-hydrogen) atoms. The molecule has 1 saturated carbocycles. The summed E-state index contributed by atoms with van der Waals surface area (Å²) in [7, 11) is 0. The van der Waals surface area contributed by atoms with Gasteiger partial charge in [0.05, 0.1) is 0 Å². The van der Waals surface area contributed by atoms with Crippen molar-refractivity contribution in [3.8, 4) is 0 Å². The summed E-state index contributed by atoms with van der Waals surface area (Å²) < 4.78 is 5.03. The number of nitrogens with two attached hydrogens (primary N) is 1. The Morgan fingerprint density at radius 2 is 2.38 bits per heavy atom. The fourth-order valence-electron chi connectivity index (χ4n) is 1.13. The molecule has 4 heteroatoms. The minimum Gasteiger partial charge on any atom is -0.335 e. The standard InChI is InChI=1S/C9H13N3O/c1-9(4-5-9)8-11-7(13-12-8)3-2-6-10/h2-3H,4-6,10H2,1H3/b3-2+. The molecule has 1 fully saturated rings. The predicted molar refractivity (Wildman–Crippen MR) is 49.0 cm³/mol. The number of hydrogen-bond donors (Lipinski definition) is 1. The molecule has 0 aliphatic heterocycles. The van der Waals surface area contributed by atoms with Gasteiger partial charge in [-0.05, 0) is 12.8 Å². The summed E-state index contributed by atoms with van der Waals surface area (Å²) in [4.78, 5) is 4.26. The molecule has 0 saturated heterocycles. The molecule has 2 rings (SSSR count). The van der Waals surface area contributed by atoms with Crippen molar-refractivity contribution in [3.63, 3.8) is 0 Å². The van der Waals surface area contributed by atoms with Gasteiger partial charge >= 0.3 is 0 Å². The van der Waals surface area contributed by atoms with Crippen LogP contribution in [0.4, 0.5) is 0 Å². The van der Waals surface area contributed by atoms with Gasteiger partial charge in [-0.2, -0.15) is 4.98 Å². The Balaban J connectivity index is 2.14. The zero-order chi connectivity index (χ0) is 9.31. The Kier molecular flexibility index (Phi) is 1.92. The molecule has 0 unspecified atom stereocenters. The molecule has 1 aromatic rings. The van der Waals surface area contributed by atoms with Crippen LogP contribution in [0.15, 0.2) is 10.6 Å². The number of rotatable bonds is 3. The van der Waals surface area contributed by atoms with Gasteiger partial charge in [0.2, 0.25) is 5.89 Å². The van der Waals surface area contributed by atoms with Crippen LogP contribution >= 0.6 is 0 Å². The van der Waals surface area contributed by atoms with Crippen LogP contribution in [0.1, 0.15) is 31.5 Å². The Labute approximate surface area is 76.8 Å². The largest absolute Gasteiger partial charge is 0.335 e. The number of hydrogen-bond acceptors (Lipinski definition) is 4. The van der Waals surface area contributed by atoms with Crippen molar-refractivity contribution in [1.29, 1.82) is 0 Å². The van der Waals surface area contributed by atoms with E-state index in [1.165, 1.54) is 0 Å². The van der Waals surface area contributed by atoms with Crippen LogP contribution in [0, 0.1) is 0 Å². The molecule has 70 valence electrons. The van der Waals surface area contributed by atoms with Crippen LogP contribution < -0.4 is 5.73 Å². The second kappa shape index (κ2) is 2.96. The van der Waals surface area contributed by atoms with Crippen LogP contribution in [-0.2, 0) is 5.41 Å². The molecule has 0 bridgehead atoms. The minimum absolute atomic E-state index is 0.179. The fourth-order valence-corrected chi connectivity index (χ4v) is 1.13. The Morgan fingerprint density at radius 1 is 1.62 bits per heavy atom. The average molecular weight is 179 g/mol. The SMILES string of the molecule is CC1(c2noc(/C=C/CN)n2)CC1. The molecule has 4 nitrogen and oxygen atoms in total. The van der Waals surface area contributed by atoms with E-state index in [2.05, 4.69) is 17.1 Å². The van der Waals surface area contributed by atoms with Crippen LogP contribution in [0.2, 0.25) is 0 Å². The molecule has 2 N–H and O–H groups in total. The first-order valence-corrected chi connectivity index (χ1v) is 4.45. The molecule has 0 amide bonds. The Hall–Kier alpha value is -1.16. The van der Waals surface area contributed by atoms with E-state index in [0.717, 1.165) is 18.7 Å². The Morgan fingerprint density at radius 3 is 3.00 bits per heavy atom. The van der Waals surface area contributed by atoms with Gasteiger partial charge in [0.25, 0.3) is 0 Å². The average Bonchev–Trinajstić information content (AvgIpc) is 2.69. The van der Waals surface area contributed by atoms with Crippen LogP contribution in [0.25, 0.3) is 6.08 Å². The third kappa shape index (κ3) is 1.62. The maximum atomic E-state index is 5.30. The highest BCUT2D eigenvalue weighted by Crippen LogP contribution is 2.45. The molecule has 1 aliphatic carbocycles. The molecule has 1 aliphatic rings. The predicted octanol–water partition coefficient (Wildman–Crippen LogP) is 1.09. The zero-order valence-corrected chi connectivity index (χ0v) is 7.66. The van der Waals surface area contributed by atoms with E-state index < -0.39 is 0 Å². The van der Waals surface area contributed by atoms with E-state index in [4.69, 9.17) is 10.3 Å². The fraction of sp³-hybridized carbons (Fsp3) is 0.556. The zero-order valence-electron chi connectivity index (χ0n) is 7.66.